The van der Waals surface area contributed by atoms with Crippen LogP contribution in [0.2, 0.25) is 0 Å². The molecule has 0 aliphatic heterocycles. The van der Waals surface area contributed by atoms with Gasteiger partial charge in [0.05, 0.1) is 18.4 Å². The van der Waals surface area contributed by atoms with Gasteiger partial charge in [0.25, 0.3) is 5.91 Å². The number of carbonyl (C=O) groups excluding carboxylic acids is 2. The molecule has 1 N–H and O–H groups in total. The van der Waals surface area contributed by atoms with E-state index in [0.717, 1.165) is 5.56 Å². The topological polar surface area (TPSA) is 88.4 Å². The molecule has 0 radical (unpaired) electrons. The number of nitrogens with zero attached hydrogens (tertiary/aromatic N) is 1. The van der Waals surface area contributed by atoms with Gasteiger partial charge in [0.1, 0.15) is 17.5 Å². The molecule has 0 saturated carbocycles. The van der Waals surface area contributed by atoms with E-state index >= 15 is 0 Å². The average Bonchev–Trinajstić information content (AvgIpc) is 2.80. The molecule has 0 spiro atoms. The Balaban J connectivity index is 1.80. The first-order valence-corrected chi connectivity index (χ1v) is 9.56. The number of para-hydroxylation sites is 1. The van der Waals surface area contributed by atoms with Crippen LogP contribution in [0.4, 0.5) is 10.1 Å². The van der Waals surface area contributed by atoms with Crippen molar-refractivity contribution in [1.29, 1.82) is 5.26 Å². The summed E-state index contributed by atoms with van der Waals surface area (Å²) in [5, 5.41) is 11.7. The van der Waals surface area contributed by atoms with E-state index in [0.29, 0.717) is 11.1 Å². The molecule has 1 amide bonds. The minimum Gasteiger partial charge on any atom is -0.493 e. The van der Waals surface area contributed by atoms with Crippen LogP contribution in [-0.4, -0.2) is 19.0 Å². The van der Waals surface area contributed by atoms with Crippen LogP contribution in [-0.2, 0) is 4.79 Å². The average molecular weight is 430 g/mol. The zero-order valence-corrected chi connectivity index (χ0v) is 17.4. The van der Waals surface area contributed by atoms with Crippen molar-refractivity contribution in [2.24, 2.45) is 0 Å². The maximum atomic E-state index is 13.8. The minimum atomic E-state index is -0.758. The molecule has 0 unspecified atom stereocenters. The highest BCUT2D eigenvalue weighted by Gasteiger charge is 2.15. The monoisotopic (exact) mass is 430 g/mol. The van der Waals surface area contributed by atoms with E-state index in [1.54, 1.807) is 42.5 Å². The number of benzene rings is 3. The normalized spacial score (nSPS) is 10.8. The standard InChI is InChI=1S/C25H19FN2O4/c1-16-7-10-18(11-8-16)25(30)32-22-12-9-17(14-23(22)31-2)13-19(15-27)24(29)28-21-6-4-3-5-20(21)26/h3-14H,1-2H3,(H,28,29). The van der Waals surface area contributed by atoms with E-state index in [1.807, 2.05) is 6.92 Å². The smallest absolute Gasteiger partial charge is 0.343 e. The van der Waals surface area contributed by atoms with Crippen molar-refractivity contribution >= 4 is 23.6 Å². The molecule has 32 heavy (non-hydrogen) atoms. The van der Waals surface area contributed by atoms with E-state index in [-0.39, 0.29) is 22.8 Å². The molecule has 3 rings (SSSR count). The number of rotatable bonds is 6. The maximum absolute atomic E-state index is 13.8. The number of hydrogen-bond acceptors (Lipinski definition) is 5. The van der Waals surface area contributed by atoms with Crippen molar-refractivity contribution in [3.05, 3.63) is 94.8 Å². The van der Waals surface area contributed by atoms with Crippen LogP contribution in [0.15, 0.2) is 72.3 Å². The highest BCUT2D eigenvalue weighted by Crippen LogP contribution is 2.30. The van der Waals surface area contributed by atoms with Gasteiger partial charge in [-0.25, -0.2) is 9.18 Å². The number of hydrogen-bond donors (Lipinski definition) is 1. The van der Waals surface area contributed by atoms with Crippen molar-refractivity contribution in [1.82, 2.24) is 0 Å². The zero-order valence-electron chi connectivity index (χ0n) is 17.4. The van der Waals surface area contributed by atoms with Gasteiger partial charge in [0.2, 0.25) is 0 Å². The summed E-state index contributed by atoms with van der Waals surface area (Å²) in [6.45, 7) is 1.91. The molecule has 160 valence electrons. The lowest BCUT2D eigenvalue weighted by Gasteiger charge is -2.10. The van der Waals surface area contributed by atoms with Gasteiger partial charge >= 0.3 is 5.97 Å². The summed E-state index contributed by atoms with van der Waals surface area (Å²) in [5.41, 5.74) is 1.59. The molecule has 0 heterocycles. The highest BCUT2D eigenvalue weighted by atomic mass is 19.1. The number of methoxy groups -OCH3 is 1. The Hall–Kier alpha value is -4.44. The minimum absolute atomic E-state index is 0.0328. The number of nitrogens with one attached hydrogen (secondary N) is 1. The summed E-state index contributed by atoms with van der Waals surface area (Å²) in [6.07, 6.45) is 1.32. The number of anilines is 1. The molecule has 0 aliphatic rings. The number of aryl methyl sites for hydroxylation is 1. The number of carbonyl (C=O) groups is 2. The molecule has 0 atom stereocenters. The molecule has 0 fully saturated rings. The summed E-state index contributed by atoms with van der Waals surface area (Å²) in [5.74, 6) is -1.49. The number of amides is 1. The van der Waals surface area contributed by atoms with Gasteiger partial charge in [-0.3, -0.25) is 4.79 Å². The molecule has 0 aromatic heterocycles. The lowest BCUT2D eigenvalue weighted by atomic mass is 10.1. The fourth-order valence-corrected chi connectivity index (χ4v) is 2.77. The molecule has 0 aliphatic carbocycles. The van der Waals surface area contributed by atoms with Gasteiger partial charge in [-0.15, -0.1) is 0 Å². The number of ether oxygens (including phenoxy) is 2. The van der Waals surface area contributed by atoms with Crippen LogP contribution in [0.5, 0.6) is 11.5 Å². The van der Waals surface area contributed by atoms with Gasteiger partial charge in [-0.05, 0) is 55.0 Å². The Labute approximate surface area is 184 Å². The molecule has 6 nitrogen and oxygen atoms in total. The van der Waals surface area contributed by atoms with Crippen molar-refractivity contribution in [3.8, 4) is 17.6 Å². The van der Waals surface area contributed by atoms with E-state index in [9.17, 15) is 19.2 Å². The van der Waals surface area contributed by atoms with Gasteiger partial charge < -0.3 is 14.8 Å². The first-order chi connectivity index (χ1) is 15.4. The van der Waals surface area contributed by atoms with Gasteiger partial charge in [0.15, 0.2) is 11.5 Å². The quantitative estimate of drug-likeness (QED) is 0.260. The molecule has 3 aromatic carbocycles. The molecular formula is C25H19FN2O4. The fraction of sp³-hybridized carbons (Fsp3) is 0.0800. The van der Waals surface area contributed by atoms with Gasteiger partial charge in [0, 0.05) is 0 Å². The van der Waals surface area contributed by atoms with Crippen LogP contribution >= 0.6 is 0 Å². The lowest BCUT2D eigenvalue weighted by Crippen LogP contribution is -2.14. The highest BCUT2D eigenvalue weighted by molar-refractivity contribution is 6.09. The van der Waals surface area contributed by atoms with Crippen LogP contribution in [0.3, 0.4) is 0 Å². The third-order valence-corrected chi connectivity index (χ3v) is 4.48. The third-order valence-electron chi connectivity index (χ3n) is 4.48. The predicted octanol–water partition coefficient (Wildman–Crippen LogP) is 4.91. The van der Waals surface area contributed by atoms with Crippen molar-refractivity contribution in [3.63, 3.8) is 0 Å². The fourth-order valence-electron chi connectivity index (χ4n) is 2.77. The summed E-state index contributed by atoms with van der Waals surface area (Å²) in [6, 6.07) is 19.0. The molecule has 0 bridgehead atoms. The van der Waals surface area contributed by atoms with E-state index < -0.39 is 17.7 Å². The molecule has 0 saturated heterocycles. The third kappa shape index (κ3) is 5.37. The Bertz CT molecular complexity index is 1230. The second kappa shape index (κ2) is 10.0. The van der Waals surface area contributed by atoms with Crippen molar-refractivity contribution < 1.29 is 23.5 Å². The maximum Gasteiger partial charge on any atom is 0.343 e. The Morgan fingerprint density at radius 3 is 2.41 bits per heavy atom. The number of halogens is 1. The Morgan fingerprint density at radius 1 is 1.03 bits per heavy atom. The van der Waals surface area contributed by atoms with Gasteiger partial charge in [-0.1, -0.05) is 35.9 Å². The second-order valence-corrected chi connectivity index (χ2v) is 6.77. The van der Waals surface area contributed by atoms with Crippen LogP contribution < -0.4 is 14.8 Å². The number of nitriles is 1. The second-order valence-electron chi connectivity index (χ2n) is 6.77. The summed E-state index contributed by atoms with van der Waals surface area (Å²) in [4.78, 5) is 24.8. The molecular weight excluding hydrogens is 411 g/mol. The lowest BCUT2D eigenvalue weighted by molar-refractivity contribution is -0.112. The summed E-state index contributed by atoms with van der Waals surface area (Å²) >= 11 is 0. The predicted molar refractivity (Wildman–Crippen MR) is 118 cm³/mol. The van der Waals surface area contributed by atoms with E-state index in [4.69, 9.17) is 9.47 Å². The summed E-state index contributed by atoms with van der Waals surface area (Å²) < 4.78 is 24.5. The molecule has 7 heteroatoms. The Morgan fingerprint density at radius 2 is 1.75 bits per heavy atom. The first-order valence-electron chi connectivity index (χ1n) is 9.56. The van der Waals surface area contributed by atoms with Crippen LogP contribution in [0.1, 0.15) is 21.5 Å². The Kier molecular flexibility index (Phi) is 6.99. The number of esters is 1. The summed E-state index contributed by atoms with van der Waals surface area (Å²) in [7, 11) is 1.40. The first kappa shape index (κ1) is 22.2. The van der Waals surface area contributed by atoms with E-state index in [1.165, 1.54) is 43.5 Å². The van der Waals surface area contributed by atoms with Crippen molar-refractivity contribution in [2.45, 2.75) is 6.92 Å². The molecule has 3 aromatic rings. The van der Waals surface area contributed by atoms with E-state index in [2.05, 4.69) is 5.32 Å². The van der Waals surface area contributed by atoms with Crippen molar-refractivity contribution in [2.75, 3.05) is 12.4 Å². The van der Waals surface area contributed by atoms with Crippen LogP contribution in [0.25, 0.3) is 6.08 Å². The SMILES string of the molecule is COc1cc(C=C(C#N)C(=O)Nc2ccccc2F)ccc1OC(=O)c1ccc(C)cc1. The van der Waals surface area contributed by atoms with Crippen LogP contribution in [0, 0.1) is 24.1 Å². The zero-order chi connectivity index (χ0) is 23.1. The largest absolute Gasteiger partial charge is 0.493 e. The van der Waals surface area contributed by atoms with Gasteiger partial charge in [-0.2, -0.15) is 5.26 Å².